The van der Waals surface area contributed by atoms with Crippen molar-refractivity contribution in [2.75, 3.05) is 36.9 Å². The molecule has 1 unspecified atom stereocenters. The third-order valence-corrected chi connectivity index (χ3v) is 5.26. The molecule has 3 rings (SSSR count). The van der Waals surface area contributed by atoms with Gasteiger partial charge in [-0.3, -0.25) is 9.79 Å². The van der Waals surface area contributed by atoms with Gasteiger partial charge in [-0.1, -0.05) is 40.2 Å². The van der Waals surface area contributed by atoms with Gasteiger partial charge in [0.05, 0.1) is 6.54 Å². The quantitative estimate of drug-likeness (QED) is 0.290. The molecule has 3 N–H and O–H groups in total. The van der Waals surface area contributed by atoms with Crippen LogP contribution in [0.1, 0.15) is 12.0 Å². The number of halogens is 2. The average Bonchev–Trinajstić information content (AvgIpc) is 3.17. The van der Waals surface area contributed by atoms with Crippen LogP contribution in [0.3, 0.4) is 0 Å². The highest BCUT2D eigenvalue weighted by Crippen LogP contribution is 2.21. The van der Waals surface area contributed by atoms with Gasteiger partial charge in [0.1, 0.15) is 0 Å². The number of carbonyl (C=O) groups is 1. The van der Waals surface area contributed by atoms with Gasteiger partial charge < -0.3 is 20.9 Å². The van der Waals surface area contributed by atoms with E-state index >= 15 is 0 Å². The summed E-state index contributed by atoms with van der Waals surface area (Å²) in [5.41, 5.74) is 3.06. The topological polar surface area (TPSA) is 68.8 Å². The van der Waals surface area contributed by atoms with E-state index < -0.39 is 0 Å². The van der Waals surface area contributed by atoms with E-state index in [1.54, 1.807) is 7.05 Å². The van der Waals surface area contributed by atoms with Crippen molar-refractivity contribution in [3.8, 4) is 0 Å². The molecule has 29 heavy (non-hydrogen) atoms. The molecule has 1 aliphatic heterocycles. The first-order chi connectivity index (χ1) is 13.5. The summed E-state index contributed by atoms with van der Waals surface area (Å²) in [7, 11) is 1.72. The number of rotatable bonds is 5. The molecule has 0 aromatic heterocycles. The van der Waals surface area contributed by atoms with Crippen LogP contribution in [0, 0.1) is 6.92 Å². The maximum atomic E-state index is 12.3. The second kappa shape index (κ2) is 11.4. The molecule has 0 aliphatic carbocycles. The monoisotopic (exact) mass is 571 g/mol. The van der Waals surface area contributed by atoms with E-state index in [1.165, 1.54) is 5.69 Å². The SMILES string of the molecule is CN=C(NCC(=O)Nc1cc(Br)ccc1C)NC1CCN(c2ccccc2)C1.I. The molecule has 2 aromatic carbocycles. The van der Waals surface area contributed by atoms with E-state index in [9.17, 15) is 4.79 Å². The van der Waals surface area contributed by atoms with Gasteiger partial charge in [-0.15, -0.1) is 24.0 Å². The van der Waals surface area contributed by atoms with Gasteiger partial charge >= 0.3 is 0 Å². The Labute approximate surface area is 197 Å². The summed E-state index contributed by atoms with van der Waals surface area (Å²) < 4.78 is 0.933. The van der Waals surface area contributed by atoms with Gasteiger partial charge in [-0.25, -0.2) is 0 Å². The molecule has 0 saturated carbocycles. The number of aryl methyl sites for hydroxylation is 1. The Balaban J connectivity index is 0.00000300. The second-order valence-corrected chi connectivity index (χ2v) is 7.76. The zero-order chi connectivity index (χ0) is 19.9. The fourth-order valence-electron chi connectivity index (χ4n) is 3.23. The first-order valence-corrected chi connectivity index (χ1v) is 10.2. The van der Waals surface area contributed by atoms with Gasteiger partial charge in [0.25, 0.3) is 0 Å². The summed E-state index contributed by atoms with van der Waals surface area (Å²) in [6.07, 6.45) is 1.03. The number of para-hydroxylation sites is 1. The van der Waals surface area contributed by atoms with Crippen molar-refractivity contribution in [3.63, 3.8) is 0 Å². The Morgan fingerprint density at radius 1 is 1.24 bits per heavy atom. The number of aliphatic imine (C=N–C) groups is 1. The Bertz CT molecular complexity index is 846. The van der Waals surface area contributed by atoms with Crippen LogP contribution in [-0.4, -0.2) is 44.6 Å². The Morgan fingerprint density at radius 3 is 2.72 bits per heavy atom. The van der Waals surface area contributed by atoms with Crippen LogP contribution in [0.15, 0.2) is 58.0 Å². The van der Waals surface area contributed by atoms with Crippen LogP contribution in [0.4, 0.5) is 11.4 Å². The van der Waals surface area contributed by atoms with Crippen molar-refractivity contribution in [1.29, 1.82) is 0 Å². The lowest BCUT2D eigenvalue weighted by Gasteiger charge is -2.20. The van der Waals surface area contributed by atoms with Crippen molar-refractivity contribution in [3.05, 3.63) is 58.6 Å². The lowest BCUT2D eigenvalue weighted by Crippen LogP contribution is -2.46. The zero-order valence-electron chi connectivity index (χ0n) is 16.6. The third-order valence-electron chi connectivity index (χ3n) is 4.76. The zero-order valence-corrected chi connectivity index (χ0v) is 20.5. The summed E-state index contributed by atoms with van der Waals surface area (Å²) in [4.78, 5) is 18.9. The van der Waals surface area contributed by atoms with Gasteiger partial charge in [-0.05, 0) is 43.2 Å². The van der Waals surface area contributed by atoms with Crippen molar-refractivity contribution >= 4 is 63.1 Å². The summed E-state index contributed by atoms with van der Waals surface area (Å²) in [6, 6.07) is 16.5. The molecule has 0 radical (unpaired) electrons. The Kier molecular flexibility index (Phi) is 9.22. The molecule has 8 heteroatoms. The number of nitrogens with zero attached hydrogens (tertiary/aromatic N) is 2. The number of benzene rings is 2. The normalized spacial score (nSPS) is 16.2. The smallest absolute Gasteiger partial charge is 0.243 e. The van der Waals surface area contributed by atoms with Crippen LogP contribution in [0.2, 0.25) is 0 Å². The first kappa shape index (κ1) is 23.5. The molecule has 1 amide bonds. The molecule has 156 valence electrons. The maximum absolute atomic E-state index is 12.3. The number of nitrogens with one attached hydrogen (secondary N) is 3. The highest BCUT2D eigenvalue weighted by Gasteiger charge is 2.23. The van der Waals surface area contributed by atoms with Gasteiger partial charge in [-0.2, -0.15) is 0 Å². The number of hydrogen-bond acceptors (Lipinski definition) is 3. The van der Waals surface area contributed by atoms with Crippen LogP contribution < -0.4 is 20.9 Å². The molecule has 1 saturated heterocycles. The van der Waals surface area contributed by atoms with E-state index in [1.807, 2.05) is 31.2 Å². The summed E-state index contributed by atoms with van der Waals surface area (Å²) in [6.45, 7) is 4.03. The van der Waals surface area contributed by atoms with Gasteiger partial charge in [0.15, 0.2) is 5.96 Å². The van der Waals surface area contributed by atoms with Crippen molar-refractivity contribution in [2.45, 2.75) is 19.4 Å². The van der Waals surface area contributed by atoms with Crippen molar-refractivity contribution in [2.24, 2.45) is 4.99 Å². The molecule has 1 aliphatic rings. The minimum atomic E-state index is -0.110. The fourth-order valence-corrected chi connectivity index (χ4v) is 3.59. The third kappa shape index (κ3) is 6.88. The molecular weight excluding hydrogens is 545 g/mol. The van der Waals surface area contributed by atoms with Crippen LogP contribution in [0.25, 0.3) is 0 Å². The Morgan fingerprint density at radius 2 is 2.00 bits per heavy atom. The highest BCUT2D eigenvalue weighted by atomic mass is 127. The molecule has 0 spiro atoms. The molecule has 0 bridgehead atoms. The number of amides is 1. The van der Waals surface area contributed by atoms with Crippen LogP contribution in [0.5, 0.6) is 0 Å². The van der Waals surface area contributed by atoms with E-state index in [2.05, 4.69) is 66.0 Å². The predicted molar refractivity (Wildman–Crippen MR) is 134 cm³/mol. The molecule has 1 fully saturated rings. The fraction of sp³-hybridized carbons (Fsp3) is 0.333. The number of hydrogen-bond donors (Lipinski definition) is 3. The highest BCUT2D eigenvalue weighted by molar-refractivity contribution is 14.0. The predicted octanol–water partition coefficient (Wildman–Crippen LogP) is 3.76. The number of anilines is 2. The largest absolute Gasteiger partial charge is 0.369 e. The lowest BCUT2D eigenvalue weighted by atomic mass is 10.2. The summed E-state index contributed by atoms with van der Waals surface area (Å²) in [5.74, 6) is 0.530. The molecule has 6 nitrogen and oxygen atoms in total. The van der Waals surface area contributed by atoms with Crippen molar-refractivity contribution in [1.82, 2.24) is 10.6 Å². The minimum absolute atomic E-state index is 0. The lowest BCUT2D eigenvalue weighted by molar-refractivity contribution is -0.115. The minimum Gasteiger partial charge on any atom is -0.369 e. The van der Waals surface area contributed by atoms with E-state index in [4.69, 9.17) is 0 Å². The molecule has 1 atom stereocenters. The van der Waals surface area contributed by atoms with Crippen LogP contribution in [-0.2, 0) is 4.79 Å². The van der Waals surface area contributed by atoms with E-state index in [-0.39, 0.29) is 36.4 Å². The van der Waals surface area contributed by atoms with Gasteiger partial charge in [0, 0.05) is 42.0 Å². The first-order valence-electron chi connectivity index (χ1n) is 9.38. The summed E-state index contributed by atoms with van der Waals surface area (Å²) in [5, 5.41) is 9.45. The standard InChI is InChI=1S/C21H26BrN5O.HI/c1-15-8-9-16(22)12-19(15)26-20(28)13-24-21(23-2)25-17-10-11-27(14-17)18-6-4-3-5-7-18;/h3-9,12,17H,10-11,13-14H2,1-2H3,(H,26,28)(H2,23,24,25);1H. The average molecular weight is 572 g/mol. The van der Waals surface area contributed by atoms with E-state index in [0.717, 1.165) is 35.2 Å². The molecular formula is C21H27BrIN5O. The van der Waals surface area contributed by atoms with Crippen molar-refractivity contribution < 1.29 is 4.79 Å². The van der Waals surface area contributed by atoms with Gasteiger partial charge in [0.2, 0.25) is 5.91 Å². The molecule has 1 heterocycles. The second-order valence-electron chi connectivity index (χ2n) is 6.84. The maximum Gasteiger partial charge on any atom is 0.243 e. The number of guanidine groups is 1. The molecule has 2 aromatic rings. The van der Waals surface area contributed by atoms with Crippen LogP contribution >= 0.6 is 39.9 Å². The Hall–Kier alpha value is -1.81. The van der Waals surface area contributed by atoms with E-state index in [0.29, 0.717) is 12.0 Å². The number of carbonyl (C=O) groups excluding carboxylic acids is 1. The summed E-state index contributed by atoms with van der Waals surface area (Å²) >= 11 is 3.43.